The van der Waals surface area contributed by atoms with Gasteiger partial charge in [0.15, 0.2) is 0 Å². The number of amides is 1. The second kappa shape index (κ2) is 6.85. The molecule has 2 aliphatic rings. The van der Waals surface area contributed by atoms with E-state index in [2.05, 4.69) is 24.2 Å². The normalized spacial score (nSPS) is 31.6. The van der Waals surface area contributed by atoms with Gasteiger partial charge in [0, 0.05) is 18.1 Å². The van der Waals surface area contributed by atoms with Gasteiger partial charge in [0.25, 0.3) is 0 Å². The number of hydrogen-bond acceptors (Lipinski definition) is 3. The third-order valence-corrected chi connectivity index (χ3v) is 5.21. The van der Waals surface area contributed by atoms with Crippen molar-refractivity contribution in [1.82, 2.24) is 10.2 Å². The fourth-order valence-corrected chi connectivity index (χ4v) is 3.95. The van der Waals surface area contributed by atoms with Crippen LogP contribution in [0.3, 0.4) is 0 Å². The van der Waals surface area contributed by atoms with Gasteiger partial charge < -0.3 is 16.0 Å². The summed E-state index contributed by atoms with van der Waals surface area (Å²) in [5.41, 5.74) is 5.71. The molecule has 3 N–H and O–H groups in total. The number of thiocarbonyl (C=S) groups is 1. The average Bonchev–Trinajstić information content (AvgIpc) is 2.36. The Morgan fingerprint density at radius 1 is 1.40 bits per heavy atom. The Morgan fingerprint density at radius 2 is 2.00 bits per heavy atom. The van der Waals surface area contributed by atoms with Gasteiger partial charge in [0.1, 0.15) is 0 Å². The number of hydrogen-bond donors (Lipinski definition) is 2. The largest absolute Gasteiger partial charge is 0.393 e. The molecule has 2 rings (SSSR count). The van der Waals surface area contributed by atoms with Gasteiger partial charge in [-0.1, -0.05) is 32.0 Å². The van der Waals surface area contributed by atoms with Gasteiger partial charge in [0.05, 0.1) is 10.9 Å². The molecule has 3 atom stereocenters. The minimum absolute atomic E-state index is 0.0342. The van der Waals surface area contributed by atoms with E-state index in [1.165, 1.54) is 19.3 Å². The van der Waals surface area contributed by atoms with Crippen molar-refractivity contribution >= 4 is 23.1 Å². The van der Waals surface area contributed by atoms with Gasteiger partial charge in [-0.3, -0.25) is 4.79 Å². The van der Waals surface area contributed by atoms with E-state index in [4.69, 9.17) is 18.0 Å². The summed E-state index contributed by atoms with van der Waals surface area (Å²) in [7, 11) is 2.22. The first-order chi connectivity index (χ1) is 9.52. The second-order valence-corrected chi connectivity index (χ2v) is 6.80. The third kappa shape index (κ3) is 3.50. The van der Waals surface area contributed by atoms with Gasteiger partial charge in [0.2, 0.25) is 5.91 Å². The summed E-state index contributed by atoms with van der Waals surface area (Å²) in [6.07, 6.45) is 7.64. The molecule has 0 radical (unpaired) electrons. The van der Waals surface area contributed by atoms with Crippen LogP contribution in [-0.2, 0) is 4.79 Å². The average molecular weight is 297 g/mol. The molecule has 2 bridgehead atoms. The number of nitrogens with zero attached hydrogens (tertiary/aromatic N) is 1. The molecule has 2 fully saturated rings. The molecule has 0 saturated carbocycles. The molecule has 20 heavy (non-hydrogen) atoms. The van der Waals surface area contributed by atoms with E-state index in [0.717, 1.165) is 25.7 Å². The van der Waals surface area contributed by atoms with Crippen LogP contribution in [0.2, 0.25) is 0 Å². The predicted octanol–water partition coefficient (Wildman–Crippen LogP) is 1.82. The molecule has 1 amide bonds. The lowest BCUT2D eigenvalue weighted by Crippen LogP contribution is -2.56. The summed E-state index contributed by atoms with van der Waals surface area (Å²) in [6.45, 7) is 2.05. The summed E-state index contributed by atoms with van der Waals surface area (Å²) in [4.78, 5) is 15.2. The van der Waals surface area contributed by atoms with Crippen molar-refractivity contribution in [3.63, 3.8) is 0 Å². The van der Waals surface area contributed by atoms with Crippen LogP contribution in [-0.4, -0.2) is 41.0 Å². The molecule has 0 aromatic heterocycles. The minimum atomic E-state index is -0.297. The second-order valence-electron chi connectivity index (χ2n) is 6.32. The summed E-state index contributed by atoms with van der Waals surface area (Å²) < 4.78 is 0. The first kappa shape index (κ1) is 15.7. The highest BCUT2D eigenvalue weighted by molar-refractivity contribution is 7.80. The minimum Gasteiger partial charge on any atom is -0.393 e. The molecule has 0 spiro atoms. The molecule has 4 nitrogen and oxygen atoms in total. The van der Waals surface area contributed by atoms with E-state index in [1.807, 2.05) is 0 Å². The summed E-state index contributed by atoms with van der Waals surface area (Å²) >= 11 is 5.03. The molecule has 114 valence electrons. The van der Waals surface area contributed by atoms with Gasteiger partial charge in [-0.15, -0.1) is 0 Å². The Kier molecular flexibility index (Phi) is 5.38. The van der Waals surface area contributed by atoms with Crippen LogP contribution in [0, 0.1) is 5.92 Å². The number of piperidine rings is 2. The zero-order valence-corrected chi connectivity index (χ0v) is 13.4. The maximum Gasteiger partial charge on any atom is 0.230 e. The summed E-state index contributed by atoms with van der Waals surface area (Å²) in [5.74, 6) is -0.263. The Bertz CT molecular complexity index is 360. The van der Waals surface area contributed by atoms with Crippen molar-refractivity contribution in [1.29, 1.82) is 0 Å². The van der Waals surface area contributed by atoms with E-state index in [1.54, 1.807) is 0 Å². The Labute approximate surface area is 127 Å². The molecule has 5 heteroatoms. The van der Waals surface area contributed by atoms with E-state index in [-0.39, 0.29) is 11.8 Å². The lowest BCUT2D eigenvalue weighted by atomic mass is 9.82. The third-order valence-electron chi connectivity index (χ3n) is 4.92. The van der Waals surface area contributed by atoms with Crippen LogP contribution in [0.4, 0.5) is 0 Å². The maximum absolute atomic E-state index is 12.4. The Balaban J connectivity index is 1.93. The van der Waals surface area contributed by atoms with Crippen molar-refractivity contribution in [3.05, 3.63) is 0 Å². The first-order valence-corrected chi connectivity index (χ1v) is 8.25. The lowest BCUT2D eigenvalue weighted by molar-refractivity contribution is -0.124. The van der Waals surface area contributed by atoms with E-state index < -0.39 is 0 Å². The summed E-state index contributed by atoms with van der Waals surface area (Å²) in [5, 5.41) is 3.20. The fourth-order valence-electron chi connectivity index (χ4n) is 3.73. The smallest absolute Gasteiger partial charge is 0.230 e. The number of nitrogens with two attached hydrogens (primary N) is 1. The SMILES string of the molecule is CCCC(C(=O)NC1CC2CCCC(C1)N2C)C(N)=S. The first-order valence-electron chi connectivity index (χ1n) is 7.84. The van der Waals surface area contributed by atoms with Crippen molar-refractivity contribution < 1.29 is 4.79 Å². The van der Waals surface area contributed by atoms with Crippen LogP contribution in [0.25, 0.3) is 0 Å². The molecule has 0 aliphatic carbocycles. The van der Waals surface area contributed by atoms with Crippen molar-refractivity contribution in [2.24, 2.45) is 11.7 Å². The number of carbonyl (C=O) groups is 1. The van der Waals surface area contributed by atoms with Crippen LogP contribution in [0.15, 0.2) is 0 Å². The standard InChI is InChI=1S/C15H27N3OS/c1-3-5-13(14(16)20)15(19)17-10-8-11-6-4-7-12(9-10)18(11)2/h10-13H,3-9H2,1-2H3,(H2,16,20)(H,17,19). The molecule has 2 aliphatic heterocycles. The Morgan fingerprint density at radius 3 is 2.50 bits per heavy atom. The molecular weight excluding hydrogens is 270 g/mol. The number of rotatable bonds is 5. The van der Waals surface area contributed by atoms with Gasteiger partial charge in [-0.05, 0) is 39.2 Å². The number of nitrogens with one attached hydrogen (secondary N) is 1. The molecule has 2 heterocycles. The highest BCUT2D eigenvalue weighted by Gasteiger charge is 2.37. The topological polar surface area (TPSA) is 58.4 Å². The number of carbonyl (C=O) groups excluding carboxylic acids is 1. The molecular formula is C15H27N3OS. The van der Waals surface area contributed by atoms with Crippen LogP contribution >= 0.6 is 12.2 Å². The Hall–Kier alpha value is -0.680. The molecule has 3 unspecified atom stereocenters. The monoisotopic (exact) mass is 297 g/mol. The molecule has 2 saturated heterocycles. The predicted molar refractivity (Wildman–Crippen MR) is 85.5 cm³/mol. The van der Waals surface area contributed by atoms with E-state index in [0.29, 0.717) is 23.1 Å². The highest BCUT2D eigenvalue weighted by atomic mass is 32.1. The van der Waals surface area contributed by atoms with Crippen molar-refractivity contribution in [2.45, 2.75) is 70.0 Å². The van der Waals surface area contributed by atoms with Crippen molar-refractivity contribution in [2.75, 3.05) is 7.05 Å². The zero-order chi connectivity index (χ0) is 14.7. The quantitative estimate of drug-likeness (QED) is 0.760. The van der Waals surface area contributed by atoms with Crippen LogP contribution in [0.5, 0.6) is 0 Å². The van der Waals surface area contributed by atoms with Gasteiger partial charge >= 0.3 is 0 Å². The van der Waals surface area contributed by atoms with Crippen molar-refractivity contribution in [3.8, 4) is 0 Å². The lowest BCUT2D eigenvalue weighted by Gasteiger charge is -2.47. The van der Waals surface area contributed by atoms with Gasteiger partial charge in [-0.2, -0.15) is 0 Å². The molecule has 0 aromatic carbocycles. The van der Waals surface area contributed by atoms with E-state index >= 15 is 0 Å². The van der Waals surface area contributed by atoms with Gasteiger partial charge in [-0.25, -0.2) is 0 Å². The number of fused-ring (bicyclic) bond motifs is 2. The maximum atomic E-state index is 12.4. The fraction of sp³-hybridized carbons (Fsp3) is 0.867. The van der Waals surface area contributed by atoms with E-state index in [9.17, 15) is 4.79 Å². The van der Waals surface area contributed by atoms with Crippen LogP contribution in [0.1, 0.15) is 51.9 Å². The highest BCUT2D eigenvalue weighted by Crippen LogP contribution is 2.32. The zero-order valence-electron chi connectivity index (χ0n) is 12.6. The van der Waals surface area contributed by atoms with Crippen LogP contribution < -0.4 is 11.1 Å². The summed E-state index contributed by atoms with van der Waals surface area (Å²) in [6, 6.07) is 1.55. The molecule has 0 aromatic rings.